The smallest absolute Gasteiger partial charge is 0.225 e. The number of piperidine rings is 1. The van der Waals surface area contributed by atoms with Gasteiger partial charge in [0, 0.05) is 44.9 Å². The van der Waals surface area contributed by atoms with Crippen LogP contribution < -0.4 is 4.90 Å². The van der Waals surface area contributed by atoms with Gasteiger partial charge < -0.3 is 9.47 Å². The van der Waals surface area contributed by atoms with Crippen LogP contribution in [-0.4, -0.2) is 42.6 Å². The molecule has 0 radical (unpaired) electrons. The molecule has 0 N–H and O–H groups in total. The van der Waals surface area contributed by atoms with Crippen molar-refractivity contribution in [3.8, 4) is 11.4 Å². The predicted octanol–water partition coefficient (Wildman–Crippen LogP) is 2.43. The van der Waals surface area contributed by atoms with Gasteiger partial charge in [-0.05, 0) is 38.2 Å². The van der Waals surface area contributed by atoms with Gasteiger partial charge >= 0.3 is 0 Å². The molecule has 1 unspecified atom stereocenters. The lowest BCUT2D eigenvalue weighted by Gasteiger charge is -2.32. The van der Waals surface area contributed by atoms with Crippen molar-refractivity contribution in [2.24, 2.45) is 13.0 Å². The third-order valence-corrected chi connectivity index (χ3v) is 5.07. The van der Waals surface area contributed by atoms with Gasteiger partial charge in [0.15, 0.2) is 0 Å². The monoisotopic (exact) mass is 349 g/mol. The van der Waals surface area contributed by atoms with Crippen molar-refractivity contribution >= 4 is 5.95 Å². The molecule has 1 fully saturated rings. The van der Waals surface area contributed by atoms with Crippen molar-refractivity contribution in [1.29, 1.82) is 0 Å². The third-order valence-electron chi connectivity index (χ3n) is 5.07. The lowest BCUT2D eigenvalue weighted by molar-refractivity contribution is 0.406. The quantitative estimate of drug-likeness (QED) is 0.720. The number of rotatable bonds is 4. The zero-order chi connectivity index (χ0) is 17.9. The average Bonchev–Trinajstić information content (AvgIpc) is 3.02. The van der Waals surface area contributed by atoms with Crippen LogP contribution in [0.15, 0.2) is 37.1 Å². The largest absolute Gasteiger partial charge is 0.341 e. The van der Waals surface area contributed by atoms with Crippen molar-refractivity contribution in [2.45, 2.75) is 26.2 Å². The highest BCUT2D eigenvalue weighted by atomic mass is 15.2. The molecule has 0 saturated carbocycles. The molecule has 0 aromatic carbocycles. The Balaban J connectivity index is 1.55. The minimum Gasteiger partial charge on any atom is -0.341 e. The molecule has 3 aromatic heterocycles. The van der Waals surface area contributed by atoms with E-state index in [1.807, 2.05) is 26.2 Å². The van der Waals surface area contributed by atoms with Crippen molar-refractivity contribution < 1.29 is 0 Å². The predicted molar refractivity (Wildman–Crippen MR) is 99.6 cm³/mol. The first kappa shape index (κ1) is 16.6. The molecule has 1 atom stereocenters. The Morgan fingerprint density at radius 1 is 1.04 bits per heavy atom. The van der Waals surface area contributed by atoms with Crippen molar-refractivity contribution in [1.82, 2.24) is 29.5 Å². The molecule has 3 aromatic rings. The van der Waals surface area contributed by atoms with E-state index in [-0.39, 0.29) is 0 Å². The zero-order valence-corrected chi connectivity index (χ0v) is 15.2. The van der Waals surface area contributed by atoms with Crippen LogP contribution in [-0.2, 0) is 13.5 Å². The van der Waals surface area contributed by atoms with Crippen LogP contribution in [0.5, 0.6) is 0 Å². The molecule has 0 amide bonds. The highest BCUT2D eigenvalue weighted by molar-refractivity contribution is 5.57. The highest BCUT2D eigenvalue weighted by Gasteiger charge is 2.24. The Kier molecular flexibility index (Phi) is 4.60. The fraction of sp³-hybridized carbons (Fsp3) is 0.421. The van der Waals surface area contributed by atoms with Crippen LogP contribution in [0.2, 0.25) is 0 Å². The summed E-state index contributed by atoms with van der Waals surface area (Å²) in [4.78, 5) is 24.7. The van der Waals surface area contributed by atoms with E-state index in [1.54, 1.807) is 24.8 Å². The van der Waals surface area contributed by atoms with Crippen molar-refractivity contribution in [2.75, 3.05) is 18.0 Å². The Bertz CT molecular complexity index is 875. The second-order valence-electron chi connectivity index (χ2n) is 6.81. The molecule has 4 rings (SSSR count). The summed E-state index contributed by atoms with van der Waals surface area (Å²) in [5, 5.41) is 0. The van der Waals surface area contributed by atoms with E-state index in [2.05, 4.69) is 34.4 Å². The Morgan fingerprint density at radius 3 is 2.62 bits per heavy atom. The Labute approximate surface area is 153 Å². The summed E-state index contributed by atoms with van der Waals surface area (Å²) in [5.41, 5.74) is 2.99. The molecule has 26 heavy (non-hydrogen) atoms. The van der Waals surface area contributed by atoms with Crippen molar-refractivity contribution in [3.63, 3.8) is 0 Å². The van der Waals surface area contributed by atoms with Crippen LogP contribution in [0.1, 0.15) is 24.4 Å². The van der Waals surface area contributed by atoms with Crippen LogP contribution >= 0.6 is 0 Å². The lowest BCUT2D eigenvalue weighted by atomic mass is 9.92. The summed E-state index contributed by atoms with van der Waals surface area (Å²) in [6.45, 7) is 3.96. The molecule has 0 spiro atoms. The van der Waals surface area contributed by atoms with Gasteiger partial charge in [0.05, 0.1) is 17.6 Å². The fourth-order valence-corrected chi connectivity index (χ4v) is 3.59. The Hall–Kier alpha value is -2.83. The number of hydrogen-bond donors (Lipinski definition) is 0. The SMILES string of the molecule is Cc1ncc(-c2nccnc2CC2CCCN(c3ncccn3)C2)n1C. The molecule has 4 heterocycles. The van der Waals surface area contributed by atoms with Gasteiger partial charge in [0.25, 0.3) is 0 Å². The number of aromatic nitrogens is 6. The number of imidazole rings is 1. The Morgan fingerprint density at radius 2 is 1.85 bits per heavy atom. The maximum absolute atomic E-state index is 4.64. The number of anilines is 1. The van der Waals surface area contributed by atoms with E-state index < -0.39 is 0 Å². The second-order valence-corrected chi connectivity index (χ2v) is 6.81. The van der Waals surface area contributed by atoms with Gasteiger partial charge in [-0.15, -0.1) is 0 Å². The van der Waals surface area contributed by atoms with Gasteiger partial charge in [-0.2, -0.15) is 0 Å². The number of hydrogen-bond acceptors (Lipinski definition) is 6. The van der Waals surface area contributed by atoms with Gasteiger partial charge in [-0.1, -0.05) is 0 Å². The van der Waals surface area contributed by atoms with Gasteiger partial charge in [0.1, 0.15) is 11.5 Å². The fourth-order valence-electron chi connectivity index (χ4n) is 3.59. The average molecular weight is 349 g/mol. The van der Waals surface area contributed by atoms with Gasteiger partial charge in [-0.25, -0.2) is 15.0 Å². The van der Waals surface area contributed by atoms with Crippen LogP contribution in [0, 0.1) is 12.8 Å². The topological polar surface area (TPSA) is 72.6 Å². The van der Waals surface area contributed by atoms with E-state index >= 15 is 0 Å². The zero-order valence-electron chi connectivity index (χ0n) is 15.2. The molecular formula is C19H23N7. The summed E-state index contributed by atoms with van der Waals surface area (Å²) >= 11 is 0. The first-order chi connectivity index (χ1) is 12.7. The molecule has 1 aliphatic rings. The van der Waals surface area contributed by atoms with Crippen LogP contribution in [0.4, 0.5) is 5.95 Å². The molecular weight excluding hydrogens is 326 g/mol. The number of nitrogens with zero attached hydrogens (tertiary/aromatic N) is 7. The summed E-state index contributed by atoms with van der Waals surface area (Å²) in [6.07, 6.45) is 12.3. The summed E-state index contributed by atoms with van der Waals surface area (Å²) < 4.78 is 2.07. The second kappa shape index (κ2) is 7.19. The highest BCUT2D eigenvalue weighted by Crippen LogP contribution is 2.27. The van der Waals surface area contributed by atoms with Crippen LogP contribution in [0.25, 0.3) is 11.4 Å². The third kappa shape index (κ3) is 3.29. The van der Waals surface area contributed by atoms with Gasteiger partial charge in [0.2, 0.25) is 5.95 Å². The summed E-state index contributed by atoms with van der Waals surface area (Å²) in [5.74, 6) is 2.30. The van der Waals surface area contributed by atoms with Crippen molar-refractivity contribution in [3.05, 3.63) is 48.6 Å². The minimum absolute atomic E-state index is 0.511. The van der Waals surface area contributed by atoms with E-state index in [4.69, 9.17) is 0 Å². The molecule has 134 valence electrons. The standard InChI is InChI=1S/C19H23N7/c1-14-24-12-17(25(14)2)18-16(20-8-9-21-18)11-15-5-3-10-26(13-15)19-22-6-4-7-23-19/h4,6-9,12,15H,3,5,10-11,13H2,1-2H3. The van der Waals surface area contributed by atoms with E-state index in [9.17, 15) is 0 Å². The molecule has 0 bridgehead atoms. The summed E-state index contributed by atoms with van der Waals surface area (Å²) in [7, 11) is 2.02. The lowest BCUT2D eigenvalue weighted by Crippen LogP contribution is -2.37. The summed E-state index contributed by atoms with van der Waals surface area (Å²) in [6, 6.07) is 1.85. The molecule has 7 heteroatoms. The van der Waals surface area contributed by atoms with Crippen LogP contribution in [0.3, 0.4) is 0 Å². The molecule has 0 aliphatic carbocycles. The number of aryl methyl sites for hydroxylation is 1. The molecule has 1 saturated heterocycles. The first-order valence-corrected chi connectivity index (χ1v) is 9.03. The maximum atomic E-state index is 4.64. The van der Waals surface area contributed by atoms with E-state index in [0.29, 0.717) is 5.92 Å². The minimum atomic E-state index is 0.511. The van der Waals surface area contributed by atoms with Gasteiger partial charge in [-0.3, -0.25) is 9.97 Å². The molecule has 1 aliphatic heterocycles. The van der Waals surface area contributed by atoms with E-state index in [1.165, 1.54) is 6.42 Å². The molecule has 7 nitrogen and oxygen atoms in total. The first-order valence-electron chi connectivity index (χ1n) is 9.03. The van der Waals surface area contributed by atoms with E-state index in [0.717, 1.165) is 54.8 Å². The normalized spacial score (nSPS) is 17.5. The maximum Gasteiger partial charge on any atom is 0.225 e.